The first-order valence-corrected chi connectivity index (χ1v) is 18.3. The molecule has 0 aromatic rings. The highest BCUT2D eigenvalue weighted by Crippen LogP contribution is 2.67. The fraction of sp³-hybridized carbons (Fsp3) is 0.925. The van der Waals surface area contributed by atoms with Crippen LogP contribution in [0.15, 0.2) is 16.6 Å². The lowest BCUT2D eigenvalue weighted by atomic mass is 9.44. The summed E-state index contributed by atoms with van der Waals surface area (Å²) in [4.78, 5) is 4.73. The topological polar surface area (TPSA) is 59.6 Å². The molecule has 0 aliphatic heterocycles. The van der Waals surface area contributed by atoms with Crippen molar-refractivity contribution in [3.63, 3.8) is 0 Å². The van der Waals surface area contributed by atoms with Gasteiger partial charge in [-0.15, -0.1) is 0 Å². The summed E-state index contributed by atoms with van der Waals surface area (Å²) >= 11 is 0. The summed E-state index contributed by atoms with van der Waals surface area (Å²) in [6, 6.07) is 0. The van der Waals surface area contributed by atoms with Crippen LogP contribution in [0.4, 0.5) is 0 Å². The molecule has 0 bridgehead atoms. The van der Waals surface area contributed by atoms with Crippen molar-refractivity contribution in [1.82, 2.24) is 5.32 Å². The second-order valence-electron chi connectivity index (χ2n) is 15.9. The molecule has 0 saturated heterocycles. The molecule has 3 fully saturated rings. The van der Waals surface area contributed by atoms with E-state index in [1.54, 1.807) is 5.57 Å². The molecule has 3 N–H and O–H groups in total. The molecule has 4 heteroatoms. The minimum atomic E-state index is -0.0490. The van der Waals surface area contributed by atoms with Gasteiger partial charge in [-0.3, -0.25) is 4.99 Å². The van der Waals surface area contributed by atoms with Crippen LogP contribution in [0, 0.1) is 34.5 Å². The van der Waals surface area contributed by atoms with Gasteiger partial charge in [0.05, 0.1) is 18.2 Å². The van der Waals surface area contributed by atoms with Gasteiger partial charge in [-0.2, -0.15) is 0 Å². The van der Waals surface area contributed by atoms with E-state index in [0.29, 0.717) is 23.4 Å². The SMILES string of the molecule is C.C.CC.CCCC=NC(C)(C)CNCCOC1CCC2(C)C(=CCC3(N)C2CCC2(C)C(CCCCC(C)C)CCC23)C1. The van der Waals surface area contributed by atoms with Gasteiger partial charge in [-0.05, 0) is 119 Å². The lowest BCUT2D eigenvalue weighted by molar-refractivity contribution is -0.0737. The van der Waals surface area contributed by atoms with E-state index in [-0.39, 0.29) is 31.3 Å². The molecule has 4 aliphatic rings. The van der Waals surface area contributed by atoms with Crippen LogP contribution in [0.1, 0.15) is 167 Å². The van der Waals surface area contributed by atoms with Gasteiger partial charge in [0.15, 0.2) is 0 Å². The van der Waals surface area contributed by atoms with E-state index >= 15 is 0 Å². The Bertz CT molecular complexity index is 880. The number of nitrogens with two attached hydrogens (primary N) is 1. The number of nitrogens with zero attached hydrogens (tertiary/aromatic N) is 1. The Morgan fingerprint density at radius 3 is 2.48 bits per heavy atom. The molecule has 7 atom stereocenters. The Morgan fingerprint density at radius 2 is 1.80 bits per heavy atom. The summed E-state index contributed by atoms with van der Waals surface area (Å²) in [6.45, 7) is 23.1. The zero-order chi connectivity index (χ0) is 31.0. The van der Waals surface area contributed by atoms with Crippen molar-refractivity contribution in [3.05, 3.63) is 11.6 Å². The van der Waals surface area contributed by atoms with Gasteiger partial charge in [0.2, 0.25) is 0 Å². The highest BCUT2D eigenvalue weighted by Gasteiger charge is 2.63. The van der Waals surface area contributed by atoms with Gasteiger partial charge >= 0.3 is 0 Å². The van der Waals surface area contributed by atoms with Crippen LogP contribution in [0.25, 0.3) is 0 Å². The normalized spacial score (nSPS) is 34.6. The van der Waals surface area contributed by atoms with Crippen molar-refractivity contribution >= 4 is 6.21 Å². The molecule has 4 aliphatic carbocycles. The van der Waals surface area contributed by atoms with Gasteiger partial charge in [0.1, 0.15) is 0 Å². The zero-order valence-corrected chi connectivity index (χ0v) is 29.5. The summed E-state index contributed by atoms with van der Waals surface area (Å²) in [5.74, 6) is 3.05. The van der Waals surface area contributed by atoms with E-state index in [1.807, 2.05) is 13.8 Å². The predicted octanol–water partition coefficient (Wildman–Crippen LogP) is 10.8. The highest BCUT2D eigenvalue weighted by atomic mass is 16.5. The van der Waals surface area contributed by atoms with Crippen molar-refractivity contribution in [1.29, 1.82) is 0 Å². The lowest BCUT2D eigenvalue weighted by Crippen LogP contribution is -2.66. The molecule has 0 radical (unpaired) electrons. The molecule has 4 rings (SSSR count). The zero-order valence-electron chi connectivity index (χ0n) is 29.5. The maximum atomic E-state index is 7.61. The predicted molar refractivity (Wildman–Crippen MR) is 197 cm³/mol. The Labute approximate surface area is 276 Å². The first-order chi connectivity index (χ1) is 19.9. The van der Waals surface area contributed by atoms with Gasteiger partial charge in [0.25, 0.3) is 0 Å². The molecule has 0 spiro atoms. The maximum absolute atomic E-state index is 7.61. The second-order valence-corrected chi connectivity index (χ2v) is 15.9. The van der Waals surface area contributed by atoms with Crippen LogP contribution in [-0.2, 0) is 4.74 Å². The monoisotopic (exact) mass is 618 g/mol. The number of fused-ring (bicyclic) bond motifs is 5. The fourth-order valence-corrected chi connectivity index (χ4v) is 9.69. The van der Waals surface area contributed by atoms with Gasteiger partial charge in [-0.1, -0.05) is 101 Å². The molecule has 0 aromatic heterocycles. The number of hydrogen-bond donors (Lipinski definition) is 2. The Kier molecular flexibility index (Phi) is 16.9. The second kappa shape index (κ2) is 18.0. The molecule has 0 amide bonds. The molecule has 0 aromatic carbocycles. The first kappa shape index (κ1) is 41.3. The Hall–Kier alpha value is -0.710. The highest BCUT2D eigenvalue weighted by molar-refractivity contribution is 5.57. The largest absolute Gasteiger partial charge is 0.377 e. The summed E-state index contributed by atoms with van der Waals surface area (Å²) in [5.41, 5.74) is 9.94. The summed E-state index contributed by atoms with van der Waals surface area (Å²) < 4.78 is 6.44. The van der Waals surface area contributed by atoms with E-state index in [9.17, 15) is 0 Å². The molecular formula is C40H79N3O. The van der Waals surface area contributed by atoms with Crippen LogP contribution in [0.2, 0.25) is 0 Å². The number of nitrogens with one attached hydrogen (secondary N) is 1. The smallest absolute Gasteiger partial charge is 0.0672 e. The van der Waals surface area contributed by atoms with Crippen molar-refractivity contribution in [2.24, 2.45) is 45.2 Å². The number of aliphatic imine (C=N–C) groups is 1. The number of ether oxygens (including phenoxy) is 1. The average molecular weight is 618 g/mol. The fourth-order valence-electron chi connectivity index (χ4n) is 9.69. The van der Waals surface area contributed by atoms with Crippen molar-refractivity contribution in [2.45, 2.75) is 184 Å². The van der Waals surface area contributed by atoms with Crippen LogP contribution in [0.5, 0.6) is 0 Å². The van der Waals surface area contributed by atoms with Crippen molar-refractivity contribution in [2.75, 3.05) is 19.7 Å². The minimum absolute atomic E-state index is 0. The summed E-state index contributed by atoms with van der Waals surface area (Å²) in [5, 5.41) is 3.58. The van der Waals surface area contributed by atoms with Crippen LogP contribution in [-0.4, -0.2) is 43.1 Å². The van der Waals surface area contributed by atoms with Gasteiger partial charge < -0.3 is 15.8 Å². The molecule has 0 heterocycles. The van der Waals surface area contributed by atoms with Gasteiger partial charge in [0, 0.05) is 18.6 Å². The van der Waals surface area contributed by atoms with Crippen molar-refractivity contribution in [3.8, 4) is 0 Å². The van der Waals surface area contributed by atoms with Crippen molar-refractivity contribution < 1.29 is 4.74 Å². The Morgan fingerprint density at radius 1 is 1.07 bits per heavy atom. The maximum Gasteiger partial charge on any atom is 0.0672 e. The van der Waals surface area contributed by atoms with E-state index < -0.39 is 0 Å². The van der Waals surface area contributed by atoms with E-state index in [1.165, 1.54) is 64.2 Å². The summed E-state index contributed by atoms with van der Waals surface area (Å²) in [7, 11) is 0. The van der Waals surface area contributed by atoms with Gasteiger partial charge in [-0.25, -0.2) is 0 Å². The third-order valence-electron chi connectivity index (χ3n) is 12.1. The van der Waals surface area contributed by atoms with E-state index in [0.717, 1.165) is 57.2 Å². The van der Waals surface area contributed by atoms with Crippen LogP contribution in [0.3, 0.4) is 0 Å². The average Bonchev–Trinajstić information content (AvgIpc) is 3.29. The molecular weight excluding hydrogens is 538 g/mol. The molecule has 44 heavy (non-hydrogen) atoms. The molecule has 4 nitrogen and oxygen atoms in total. The third-order valence-corrected chi connectivity index (χ3v) is 12.1. The van der Waals surface area contributed by atoms with E-state index in [4.69, 9.17) is 15.5 Å². The van der Waals surface area contributed by atoms with E-state index in [2.05, 4.69) is 66.1 Å². The van der Waals surface area contributed by atoms with Crippen LogP contribution < -0.4 is 11.1 Å². The minimum Gasteiger partial charge on any atom is -0.377 e. The molecule has 7 unspecified atom stereocenters. The molecule has 260 valence electrons. The number of unbranched alkanes of at least 4 members (excludes halogenated alkanes) is 2. The Balaban J connectivity index is 0.00000237. The lowest BCUT2D eigenvalue weighted by Gasteiger charge is -2.63. The quantitative estimate of drug-likeness (QED) is 0.116. The number of hydrogen-bond acceptors (Lipinski definition) is 4. The molecule has 3 saturated carbocycles. The van der Waals surface area contributed by atoms with Crippen LogP contribution >= 0.6 is 0 Å². The third kappa shape index (κ3) is 9.43. The standard InChI is InChI=1S/C36H65N3O.C2H6.2CH4/c1-8-9-22-39-33(4,5)26-38-23-24-40-30-17-19-35(7)29(25-30)16-21-36(37)31-15-14-28(13-11-10-12-27(2)3)34(31,6)20-18-32(35)36;1-2;;/h16,22,27-28,30-32,38H,8-15,17-21,23-26,37H2,1-7H3;1-2H3;2*1H4. The first-order valence-electron chi connectivity index (χ1n) is 18.3. The number of rotatable bonds is 14. The summed E-state index contributed by atoms with van der Waals surface area (Å²) in [6.07, 6.45) is 23.0.